The van der Waals surface area contributed by atoms with Crippen LogP contribution >= 0.6 is 0 Å². The summed E-state index contributed by atoms with van der Waals surface area (Å²) in [6, 6.07) is 9.85. The summed E-state index contributed by atoms with van der Waals surface area (Å²) >= 11 is 0. The van der Waals surface area contributed by atoms with Crippen LogP contribution < -0.4 is 5.32 Å². The maximum atomic E-state index is 12.7. The lowest BCUT2D eigenvalue weighted by Crippen LogP contribution is -2.40. The summed E-state index contributed by atoms with van der Waals surface area (Å²) in [5.74, 6) is 0.499. The van der Waals surface area contributed by atoms with E-state index in [1.165, 1.54) is 0 Å². The van der Waals surface area contributed by atoms with Crippen LogP contribution in [0.15, 0.2) is 48.9 Å². The number of carbonyl (C=O) groups excluding carboxylic acids is 1. The lowest BCUT2D eigenvalue weighted by atomic mass is 10.1. The summed E-state index contributed by atoms with van der Waals surface area (Å²) in [6.07, 6.45) is 7.87. The average molecular weight is 349 g/mol. The molecule has 1 aliphatic rings. The Morgan fingerprint density at radius 3 is 2.88 bits per heavy atom. The molecule has 3 heterocycles. The molecule has 1 aliphatic carbocycles. The fourth-order valence-corrected chi connectivity index (χ4v) is 3.47. The monoisotopic (exact) mass is 349 g/mol. The Labute approximate surface area is 152 Å². The molecule has 0 bridgehead atoms. The summed E-state index contributed by atoms with van der Waals surface area (Å²) in [4.78, 5) is 23.5. The topological polar surface area (TPSA) is 62.5 Å². The fourth-order valence-electron chi connectivity index (χ4n) is 3.47. The van der Waals surface area contributed by atoms with Crippen molar-refractivity contribution in [1.29, 1.82) is 0 Å². The van der Waals surface area contributed by atoms with Gasteiger partial charge in [0, 0.05) is 19.4 Å². The molecule has 3 aromatic rings. The maximum absolute atomic E-state index is 12.7. The number of hydrogen-bond donors (Lipinski definition) is 1. The molecule has 3 aromatic heterocycles. The summed E-state index contributed by atoms with van der Waals surface area (Å²) in [6.45, 7) is 2.47. The lowest BCUT2D eigenvalue weighted by Gasteiger charge is -2.28. The molecule has 0 radical (unpaired) electrons. The normalized spacial score (nSPS) is 15.0. The van der Waals surface area contributed by atoms with Crippen LogP contribution in [0.4, 0.5) is 4.79 Å². The number of rotatable bonds is 5. The van der Waals surface area contributed by atoms with Crippen molar-refractivity contribution in [2.24, 2.45) is 5.92 Å². The quantitative estimate of drug-likeness (QED) is 0.768. The van der Waals surface area contributed by atoms with Gasteiger partial charge in [0.2, 0.25) is 0 Å². The highest BCUT2D eigenvalue weighted by molar-refractivity contribution is 5.74. The van der Waals surface area contributed by atoms with E-state index in [0.717, 1.165) is 35.4 Å². The number of pyridine rings is 2. The number of aromatic nitrogens is 3. The van der Waals surface area contributed by atoms with Crippen molar-refractivity contribution >= 4 is 11.7 Å². The molecule has 0 aromatic carbocycles. The number of carbonyl (C=O) groups is 1. The molecular formula is C20H23N5O. The van der Waals surface area contributed by atoms with E-state index in [-0.39, 0.29) is 12.1 Å². The zero-order valence-corrected chi connectivity index (χ0v) is 15.1. The van der Waals surface area contributed by atoms with Crippen LogP contribution in [-0.4, -0.2) is 32.3 Å². The van der Waals surface area contributed by atoms with Crippen molar-refractivity contribution in [1.82, 2.24) is 24.6 Å². The molecular weight excluding hydrogens is 326 g/mol. The van der Waals surface area contributed by atoms with Crippen LogP contribution in [0.2, 0.25) is 0 Å². The third kappa shape index (κ3) is 3.14. The van der Waals surface area contributed by atoms with Gasteiger partial charge in [-0.2, -0.15) is 0 Å². The van der Waals surface area contributed by atoms with Crippen molar-refractivity contribution in [2.75, 3.05) is 7.05 Å². The molecule has 2 amide bonds. The van der Waals surface area contributed by atoms with E-state index in [4.69, 9.17) is 0 Å². The minimum absolute atomic E-state index is 0.0284. The van der Waals surface area contributed by atoms with Crippen molar-refractivity contribution in [3.63, 3.8) is 0 Å². The van der Waals surface area contributed by atoms with Gasteiger partial charge in [0.15, 0.2) is 0 Å². The Balaban J connectivity index is 1.47. The standard InChI is InChI=1S/C20H23N5O/c1-14-6-5-11-25-16(12-22-19(14)25)13-23-20(26)24(2)18(15-8-9-15)17-7-3-4-10-21-17/h3-7,10-12,15,18H,8-9,13H2,1-2H3,(H,23,26). The molecule has 4 rings (SSSR count). The average Bonchev–Trinajstić information content (AvgIpc) is 3.40. The first-order valence-corrected chi connectivity index (χ1v) is 8.98. The van der Waals surface area contributed by atoms with Crippen LogP contribution in [-0.2, 0) is 6.54 Å². The highest BCUT2D eigenvalue weighted by Crippen LogP contribution is 2.43. The number of nitrogens with one attached hydrogen (secondary N) is 1. The molecule has 26 heavy (non-hydrogen) atoms. The molecule has 6 nitrogen and oxygen atoms in total. The summed E-state index contributed by atoms with van der Waals surface area (Å²) in [5, 5.41) is 3.03. The third-order valence-electron chi connectivity index (χ3n) is 5.03. The predicted octanol–water partition coefficient (Wildman–Crippen LogP) is 3.33. The Morgan fingerprint density at radius 1 is 1.31 bits per heavy atom. The zero-order valence-electron chi connectivity index (χ0n) is 15.1. The summed E-state index contributed by atoms with van der Waals surface area (Å²) < 4.78 is 2.02. The van der Waals surface area contributed by atoms with Crippen molar-refractivity contribution in [3.05, 3.63) is 65.9 Å². The van der Waals surface area contributed by atoms with E-state index >= 15 is 0 Å². The fraction of sp³-hybridized carbons (Fsp3) is 0.350. The van der Waals surface area contributed by atoms with E-state index in [1.54, 1.807) is 11.1 Å². The van der Waals surface area contributed by atoms with Gasteiger partial charge in [-0.05, 0) is 49.4 Å². The summed E-state index contributed by atoms with van der Waals surface area (Å²) in [5.41, 5.74) is 3.96. The van der Waals surface area contributed by atoms with Gasteiger partial charge in [-0.3, -0.25) is 4.98 Å². The molecule has 134 valence electrons. The summed E-state index contributed by atoms with van der Waals surface area (Å²) in [7, 11) is 1.85. The van der Waals surface area contributed by atoms with Gasteiger partial charge in [0.1, 0.15) is 5.65 Å². The molecule has 0 aliphatic heterocycles. The van der Waals surface area contributed by atoms with Crippen LogP contribution in [0.1, 0.15) is 35.8 Å². The van der Waals surface area contributed by atoms with Gasteiger partial charge < -0.3 is 14.6 Å². The number of fused-ring (bicyclic) bond motifs is 1. The highest BCUT2D eigenvalue weighted by Gasteiger charge is 2.37. The molecule has 1 saturated carbocycles. The largest absolute Gasteiger partial charge is 0.332 e. The number of nitrogens with zero attached hydrogens (tertiary/aromatic N) is 4. The number of imidazole rings is 1. The highest BCUT2D eigenvalue weighted by atomic mass is 16.2. The first-order valence-electron chi connectivity index (χ1n) is 8.98. The number of amides is 2. The molecule has 1 N–H and O–H groups in total. The van der Waals surface area contributed by atoms with Gasteiger partial charge >= 0.3 is 6.03 Å². The number of aryl methyl sites for hydroxylation is 1. The van der Waals surface area contributed by atoms with E-state index in [1.807, 2.05) is 61.1 Å². The Hall–Kier alpha value is -2.89. The molecule has 6 heteroatoms. The molecule has 1 unspecified atom stereocenters. The van der Waals surface area contributed by atoms with E-state index in [9.17, 15) is 4.79 Å². The maximum Gasteiger partial charge on any atom is 0.318 e. The minimum atomic E-state index is -0.0878. The second kappa shape index (κ2) is 6.78. The number of hydrogen-bond acceptors (Lipinski definition) is 3. The van der Waals surface area contributed by atoms with Gasteiger partial charge in [-0.15, -0.1) is 0 Å². The smallest absolute Gasteiger partial charge is 0.318 e. The van der Waals surface area contributed by atoms with Crippen LogP contribution in [0.25, 0.3) is 5.65 Å². The molecule has 0 saturated heterocycles. The van der Waals surface area contributed by atoms with Crippen LogP contribution in [0, 0.1) is 12.8 Å². The van der Waals surface area contributed by atoms with Crippen LogP contribution in [0.5, 0.6) is 0 Å². The first-order chi connectivity index (χ1) is 12.6. The van der Waals surface area contributed by atoms with Gasteiger partial charge in [0.05, 0.1) is 30.2 Å². The second-order valence-corrected chi connectivity index (χ2v) is 6.94. The second-order valence-electron chi connectivity index (χ2n) is 6.94. The molecule has 1 fully saturated rings. The Kier molecular flexibility index (Phi) is 4.32. The zero-order chi connectivity index (χ0) is 18.1. The predicted molar refractivity (Wildman–Crippen MR) is 99.6 cm³/mol. The Bertz CT molecular complexity index is 916. The van der Waals surface area contributed by atoms with E-state index < -0.39 is 0 Å². The van der Waals surface area contributed by atoms with Crippen molar-refractivity contribution in [2.45, 2.75) is 32.4 Å². The van der Waals surface area contributed by atoms with Gasteiger partial charge in [-0.1, -0.05) is 12.1 Å². The van der Waals surface area contributed by atoms with E-state index in [0.29, 0.717) is 12.5 Å². The SMILES string of the molecule is Cc1cccn2c(CNC(=O)N(C)C(c3ccccn3)C3CC3)cnc12. The van der Waals surface area contributed by atoms with Crippen molar-refractivity contribution in [3.8, 4) is 0 Å². The third-order valence-corrected chi connectivity index (χ3v) is 5.03. The van der Waals surface area contributed by atoms with Crippen LogP contribution in [0.3, 0.4) is 0 Å². The van der Waals surface area contributed by atoms with Crippen molar-refractivity contribution < 1.29 is 4.79 Å². The van der Waals surface area contributed by atoms with Gasteiger partial charge in [0.25, 0.3) is 0 Å². The first kappa shape index (κ1) is 16.6. The van der Waals surface area contributed by atoms with Gasteiger partial charge in [-0.25, -0.2) is 9.78 Å². The molecule has 1 atom stereocenters. The Morgan fingerprint density at radius 2 is 2.15 bits per heavy atom. The van der Waals surface area contributed by atoms with E-state index in [2.05, 4.69) is 15.3 Å². The molecule has 0 spiro atoms. The number of urea groups is 1. The minimum Gasteiger partial charge on any atom is -0.332 e. The lowest BCUT2D eigenvalue weighted by molar-refractivity contribution is 0.181.